The van der Waals surface area contributed by atoms with Gasteiger partial charge in [0.15, 0.2) is 5.13 Å². The molecule has 1 saturated carbocycles. The number of rotatable bonds is 3. The van der Waals surface area contributed by atoms with Crippen molar-refractivity contribution in [1.82, 2.24) is 4.98 Å². The molecule has 1 N–H and O–H groups in total. The summed E-state index contributed by atoms with van der Waals surface area (Å²) in [6, 6.07) is 2.92. The van der Waals surface area contributed by atoms with Crippen LogP contribution in [0.1, 0.15) is 18.4 Å². The van der Waals surface area contributed by atoms with E-state index in [9.17, 15) is 8.78 Å². The van der Waals surface area contributed by atoms with Gasteiger partial charge in [-0.2, -0.15) is 0 Å². The van der Waals surface area contributed by atoms with Crippen LogP contribution in [0.25, 0.3) is 11.3 Å². The van der Waals surface area contributed by atoms with Crippen molar-refractivity contribution in [3.05, 3.63) is 34.7 Å². The Bertz CT molecular complexity index is 591. The van der Waals surface area contributed by atoms with E-state index in [0.29, 0.717) is 17.3 Å². The average molecular weight is 266 g/mol. The number of thiazole rings is 1. The van der Waals surface area contributed by atoms with Crippen LogP contribution in [0.5, 0.6) is 0 Å². The molecule has 0 unspecified atom stereocenters. The van der Waals surface area contributed by atoms with Gasteiger partial charge >= 0.3 is 0 Å². The predicted molar refractivity (Wildman–Crippen MR) is 68.8 cm³/mol. The lowest BCUT2D eigenvalue weighted by molar-refractivity contribution is 0.595. The Hall–Kier alpha value is -1.49. The second-order valence-corrected chi connectivity index (χ2v) is 5.40. The Morgan fingerprint density at radius 3 is 2.78 bits per heavy atom. The molecule has 2 aromatic rings. The molecule has 0 atom stereocenters. The van der Waals surface area contributed by atoms with Crippen molar-refractivity contribution in [2.24, 2.45) is 0 Å². The number of nitrogens with one attached hydrogen (secondary N) is 1. The molecule has 0 radical (unpaired) electrons. The Balaban J connectivity index is 1.93. The molecule has 1 aromatic heterocycles. The SMILES string of the molecule is Cc1cc(F)c(-c2csc(NC3CC3)n2)cc1F. The highest BCUT2D eigenvalue weighted by Gasteiger charge is 2.22. The van der Waals surface area contributed by atoms with E-state index in [-0.39, 0.29) is 5.56 Å². The number of hydrogen-bond acceptors (Lipinski definition) is 3. The van der Waals surface area contributed by atoms with Crippen LogP contribution in [0.2, 0.25) is 0 Å². The van der Waals surface area contributed by atoms with Crippen molar-refractivity contribution in [3.8, 4) is 11.3 Å². The molecule has 18 heavy (non-hydrogen) atoms. The lowest BCUT2D eigenvalue weighted by Gasteiger charge is -2.02. The van der Waals surface area contributed by atoms with Crippen molar-refractivity contribution in [3.63, 3.8) is 0 Å². The minimum atomic E-state index is -0.433. The predicted octanol–water partition coefficient (Wildman–Crippen LogP) is 3.97. The maximum absolute atomic E-state index is 13.8. The van der Waals surface area contributed by atoms with Gasteiger partial charge in [-0.1, -0.05) is 0 Å². The van der Waals surface area contributed by atoms with Crippen molar-refractivity contribution in [2.75, 3.05) is 5.32 Å². The molecule has 1 aromatic carbocycles. The molecule has 2 nitrogen and oxygen atoms in total. The van der Waals surface area contributed by atoms with E-state index in [1.54, 1.807) is 12.3 Å². The normalized spacial score (nSPS) is 14.8. The highest BCUT2D eigenvalue weighted by molar-refractivity contribution is 7.14. The van der Waals surface area contributed by atoms with E-state index in [1.807, 2.05) is 0 Å². The lowest BCUT2D eigenvalue weighted by Crippen LogP contribution is -1.99. The van der Waals surface area contributed by atoms with Gasteiger partial charge in [0.25, 0.3) is 0 Å². The molecular formula is C13H12F2N2S. The van der Waals surface area contributed by atoms with Gasteiger partial charge in [-0.25, -0.2) is 13.8 Å². The summed E-state index contributed by atoms with van der Waals surface area (Å²) >= 11 is 1.42. The summed E-state index contributed by atoms with van der Waals surface area (Å²) in [5, 5.41) is 5.76. The average Bonchev–Trinajstić information content (AvgIpc) is 3.01. The second-order valence-electron chi connectivity index (χ2n) is 4.54. The van der Waals surface area contributed by atoms with E-state index in [2.05, 4.69) is 10.3 Å². The molecule has 3 rings (SSSR count). The number of nitrogens with zero attached hydrogens (tertiary/aromatic N) is 1. The molecule has 1 aliphatic rings. The van der Waals surface area contributed by atoms with Crippen molar-refractivity contribution < 1.29 is 8.78 Å². The molecular weight excluding hydrogens is 254 g/mol. The van der Waals surface area contributed by atoms with Gasteiger partial charge in [0, 0.05) is 17.0 Å². The van der Waals surface area contributed by atoms with Gasteiger partial charge in [-0.3, -0.25) is 0 Å². The largest absolute Gasteiger partial charge is 0.359 e. The van der Waals surface area contributed by atoms with Crippen LogP contribution < -0.4 is 5.32 Å². The monoisotopic (exact) mass is 266 g/mol. The fourth-order valence-corrected chi connectivity index (χ4v) is 2.50. The summed E-state index contributed by atoms with van der Waals surface area (Å²) in [6.45, 7) is 1.54. The topological polar surface area (TPSA) is 24.9 Å². The molecule has 0 aliphatic heterocycles. The van der Waals surface area contributed by atoms with Gasteiger partial charge in [0.05, 0.1) is 5.69 Å². The third-order valence-electron chi connectivity index (χ3n) is 2.93. The summed E-state index contributed by atoms with van der Waals surface area (Å²) in [6.07, 6.45) is 2.31. The zero-order valence-electron chi connectivity index (χ0n) is 9.84. The van der Waals surface area contributed by atoms with Crippen LogP contribution in [0.3, 0.4) is 0 Å². The number of halogens is 2. The van der Waals surface area contributed by atoms with Crippen LogP contribution in [0.4, 0.5) is 13.9 Å². The molecule has 1 aliphatic carbocycles. The Morgan fingerprint density at radius 1 is 1.28 bits per heavy atom. The quantitative estimate of drug-likeness (QED) is 0.909. The first-order valence-corrected chi connectivity index (χ1v) is 6.69. The maximum Gasteiger partial charge on any atom is 0.183 e. The number of aromatic nitrogens is 1. The molecule has 0 spiro atoms. The van der Waals surface area contributed by atoms with Crippen molar-refractivity contribution >= 4 is 16.5 Å². The highest BCUT2D eigenvalue weighted by atomic mass is 32.1. The minimum absolute atomic E-state index is 0.221. The Morgan fingerprint density at radius 2 is 2.06 bits per heavy atom. The third-order valence-corrected chi connectivity index (χ3v) is 3.71. The summed E-state index contributed by atoms with van der Waals surface area (Å²) < 4.78 is 27.2. The van der Waals surface area contributed by atoms with Crippen LogP contribution >= 0.6 is 11.3 Å². The van der Waals surface area contributed by atoms with E-state index in [0.717, 1.165) is 18.0 Å². The van der Waals surface area contributed by atoms with Gasteiger partial charge in [0.2, 0.25) is 0 Å². The summed E-state index contributed by atoms with van der Waals surface area (Å²) in [5.41, 5.74) is 1.01. The zero-order chi connectivity index (χ0) is 12.7. The number of benzene rings is 1. The number of aryl methyl sites for hydroxylation is 1. The molecule has 0 amide bonds. The first-order valence-electron chi connectivity index (χ1n) is 5.81. The van der Waals surface area contributed by atoms with Crippen LogP contribution in [-0.4, -0.2) is 11.0 Å². The van der Waals surface area contributed by atoms with E-state index in [4.69, 9.17) is 0 Å². The molecule has 0 bridgehead atoms. The Kier molecular flexibility index (Phi) is 2.78. The van der Waals surface area contributed by atoms with Crippen LogP contribution in [0.15, 0.2) is 17.5 Å². The third kappa shape index (κ3) is 2.22. The summed E-state index contributed by atoms with van der Waals surface area (Å²) in [5.74, 6) is -0.840. The van der Waals surface area contributed by atoms with Crippen LogP contribution in [-0.2, 0) is 0 Å². The van der Waals surface area contributed by atoms with E-state index >= 15 is 0 Å². The first kappa shape index (κ1) is 11.6. The Labute approximate surface area is 108 Å². The van der Waals surface area contributed by atoms with Crippen LogP contribution in [0, 0.1) is 18.6 Å². The number of anilines is 1. The molecule has 94 valence electrons. The molecule has 1 fully saturated rings. The fraction of sp³-hybridized carbons (Fsp3) is 0.308. The lowest BCUT2D eigenvalue weighted by atomic mass is 10.1. The fourth-order valence-electron chi connectivity index (χ4n) is 1.71. The minimum Gasteiger partial charge on any atom is -0.359 e. The molecule has 0 saturated heterocycles. The standard InChI is InChI=1S/C13H12F2N2S/c1-7-4-11(15)9(5-10(7)14)12-6-18-13(17-12)16-8-2-3-8/h4-6,8H,2-3H2,1H3,(H,16,17). The van der Waals surface area contributed by atoms with Gasteiger partial charge in [-0.05, 0) is 37.5 Å². The van der Waals surface area contributed by atoms with Crippen molar-refractivity contribution in [2.45, 2.75) is 25.8 Å². The number of hydrogen-bond donors (Lipinski definition) is 1. The molecule has 1 heterocycles. The summed E-state index contributed by atoms with van der Waals surface area (Å²) in [4.78, 5) is 4.29. The van der Waals surface area contributed by atoms with E-state index < -0.39 is 11.6 Å². The van der Waals surface area contributed by atoms with Gasteiger partial charge in [0.1, 0.15) is 11.6 Å². The zero-order valence-corrected chi connectivity index (χ0v) is 10.7. The van der Waals surface area contributed by atoms with Crippen molar-refractivity contribution in [1.29, 1.82) is 0 Å². The second kappa shape index (κ2) is 4.31. The summed E-state index contributed by atoms with van der Waals surface area (Å²) in [7, 11) is 0. The highest BCUT2D eigenvalue weighted by Crippen LogP contribution is 2.31. The smallest absolute Gasteiger partial charge is 0.183 e. The van der Waals surface area contributed by atoms with E-state index in [1.165, 1.54) is 23.5 Å². The molecule has 5 heteroatoms. The maximum atomic E-state index is 13.8. The van der Waals surface area contributed by atoms with Gasteiger partial charge in [-0.15, -0.1) is 11.3 Å². The first-order chi connectivity index (χ1) is 8.63. The van der Waals surface area contributed by atoms with Gasteiger partial charge < -0.3 is 5.32 Å².